The van der Waals surface area contributed by atoms with Crippen molar-refractivity contribution in [3.05, 3.63) is 35.9 Å². The minimum Gasteiger partial charge on any atom is -0.450 e. The molecule has 6 rings (SSSR count). The molecule has 2 N–H and O–H groups in total. The van der Waals surface area contributed by atoms with Crippen LogP contribution in [-0.2, 0) is 9.53 Å². The van der Waals surface area contributed by atoms with Crippen LogP contribution in [0, 0.1) is 17.8 Å². The van der Waals surface area contributed by atoms with E-state index in [4.69, 9.17) is 4.74 Å². The molecule has 5 aliphatic rings. The molecule has 0 radical (unpaired) electrons. The van der Waals surface area contributed by atoms with Crippen LogP contribution in [0.5, 0.6) is 0 Å². The van der Waals surface area contributed by atoms with E-state index in [1.165, 1.54) is 5.56 Å². The average molecular weight is 441 g/mol. The lowest BCUT2D eigenvalue weighted by atomic mass is 9.52. The van der Waals surface area contributed by atoms with Gasteiger partial charge in [0.05, 0.1) is 5.54 Å². The van der Waals surface area contributed by atoms with Gasteiger partial charge in [-0.05, 0) is 101 Å². The first kappa shape index (κ1) is 21.7. The molecule has 174 valence electrons. The monoisotopic (exact) mass is 440 g/mol. The fourth-order valence-corrected chi connectivity index (χ4v) is 7.46. The summed E-state index contributed by atoms with van der Waals surface area (Å²) in [6.45, 7) is 5.96. The van der Waals surface area contributed by atoms with Crippen molar-refractivity contribution in [1.29, 1.82) is 0 Å². The van der Waals surface area contributed by atoms with Gasteiger partial charge in [-0.2, -0.15) is 0 Å². The Kier molecular flexibility index (Phi) is 5.47. The summed E-state index contributed by atoms with van der Waals surface area (Å²) in [5.41, 5.74) is 0.338. The molecule has 0 aromatic heterocycles. The van der Waals surface area contributed by atoms with E-state index in [1.54, 1.807) is 0 Å². The minimum atomic E-state index is -1.16. The second kappa shape index (κ2) is 8.05. The fourth-order valence-electron chi connectivity index (χ4n) is 7.46. The number of piperidine rings is 1. The maximum Gasteiger partial charge on any atom is 0.506 e. The predicted octanol–water partition coefficient (Wildman–Crippen LogP) is 4.40. The molecular formula is C26H36N2O4. The summed E-state index contributed by atoms with van der Waals surface area (Å²) < 4.78 is 5.41. The molecule has 2 unspecified atom stereocenters. The first-order valence-electron chi connectivity index (χ1n) is 12.3. The van der Waals surface area contributed by atoms with Gasteiger partial charge in [-0.3, -0.25) is 9.69 Å². The van der Waals surface area contributed by atoms with E-state index in [0.29, 0.717) is 23.7 Å². The number of ether oxygens (including phenoxy) is 1. The third-order valence-electron chi connectivity index (χ3n) is 8.93. The van der Waals surface area contributed by atoms with Gasteiger partial charge in [0.25, 0.3) is 0 Å². The van der Waals surface area contributed by atoms with Crippen LogP contribution in [0.1, 0.15) is 70.3 Å². The standard InChI is InChI=1S/C26H36N2O4/c1-25(2,28-10-8-19(9-11-28)18-6-4-3-5-7-18)23(29)27-22-20-12-17-13-21(22)16-26(14-17,15-20)32-24(30)31/h3-7,17,19-22H,8-16H2,1-2H3,(H,27,29)(H,30,31). The largest absolute Gasteiger partial charge is 0.506 e. The summed E-state index contributed by atoms with van der Waals surface area (Å²) >= 11 is 0. The molecule has 1 aromatic carbocycles. The summed E-state index contributed by atoms with van der Waals surface area (Å²) in [6.07, 6.45) is 5.50. The second-order valence-electron chi connectivity index (χ2n) is 11.3. The molecule has 0 spiro atoms. The number of benzene rings is 1. The minimum absolute atomic E-state index is 0.112. The Balaban J connectivity index is 1.21. The van der Waals surface area contributed by atoms with Crippen molar-refractivity contribution in [2.75, 3.05) is 13.1 Å². The molecule has 5 fully saturated rings. The number of likely N-dealkylation sites (tertiary alicyclic amines) is 1. The smallest absolute Gasteiger partial charge is 0.450 e. The third kappa shape index (κ3) is 3.91. The van der Waals surface area contributed by atoms with Gasteiger partial charge in [0.2, 0.25) is 5.91 Å². The molecule has 1 heterocycles. The number of carboxylic acid groups (broad SMARTS) is 1. The highest BCUT2D eigenvalue weighted by Gasteiger charge is 2.58. The Morgan fingerprint density at radius 3 is 2.28 bits per heavy atom. The maximum absolute atomic E-state index is 13.5. The third-order valence-corrected chi connectivity index (χ3v) is 8.93. The summed E-state index contributed by atoms with van der Waals surface area (Å²) in [5, 5.41) is 12.7. The van der Waals surface area contributed by atoms with E-state index in [1.807, 2.05) is 0 Å². The number of carbonyl (C=O) groups excluding carboxylic acids is 1. The fraction of sp³-hybridized carbons (Fsp3) is 0.692. The zero-order valence-corrected chi connectivity index (χ0v) is 19.3. The molecule has 1 amide bonds. The van der Waals surface area contributed by atoms with Gasteiger partial charge < -0.3 is 15.2 Å². The molecule has 6 heteroatoms. The van der Waals surface area contributed by atoms with Gasteiger partial charge >= 0.3 is 6.16 Å². The highest BCUT2D eigenvalue weighted by molar-refractivity contribution is 5.85. The van der Waals surface area contributed by atoms with Crippen LogP contribution >= 0.6 is 0 Å². The summed E-state index contributed by atoms with van der Waals surface area (Å²) in [4.78, 5) is 27.1. The van der Waals surface area contributed by atoms with Gasteiger partial charge in [0, 0.05) is 6.04 Å². The molecule has 2 atom stereocenters. The van der Waals surface area contributed by atoms with Gasteiger partial charge in [0.15, 0.2) is 0 Å². The average Bonchev–Trinajstić information content (AvgIpc) is 2.75. The molecule has 1 aromatic rings. The van der Waals surface area contributed by atoms with Gasteiger partial charge in [-0.15, -0.1) is 0 Å². The van der Waals surface area contributed by atoms with Crippen LogP contribution in [-0.4, -0.2) is 52.3 Å². The molecule has 4 bridgehead atoms. The Morgan fingerprint density at radius 2 is 1.69 bits per heavy atom. The van der Waals surface area contributed by atoms with Crippen LogP contribution in [0.2, 0.25) is 0 Å². The lowest BCUT2D eigenvalue weighted by Gasteiger charge is -2.59. The Labute approximate surface area is 190 Å². The lowest BCUT2D eigenvalue weighted by Crippen LogP contribution is -2.66. The number of hydrogen-bond acceptors (Lipinski definition) is 4. The molecule has 4 aliphatic carbocycles. The van der Waals surface area contributed by atoms with Crippen molar-refractivity contribution in [1.82, 2.24) is 10.2 Å². The summed E-state index contributed by atoms with van der Waals surface area (Å²) in [6, 6.07) is 10.8. The van der Waals surface area contributed by atoms with Crippen molar-refractivity contribution in [3.63, 3.8) is 0 Å². The quantitative estimate of drug-likeness (QED) is 0.664. The summed E-state index contributed by atoms with van der Waals surface area (Å²) in [7, 11) is 0. The van der Waals surface area contributed by atoms with E-state index < -0.39 is 17.3 Å². The topological polar surface area (TPSA) is 78.9 Å². The number of nitrogens with zero attached hydrogens (tertiary/aromatic N) is 1. The van der Waals surface area contributed by atoms with Gasteiger partial charge in [-0.1, -0.05) is 30.3 Å². The van der Waals surface area contributed by atoms with Gasteiger partial charge in [0.1, 0.15) is 5.60 Å². The van der Waals surface area contributed by atoms with Crippen molar-refractivity contribution < 1.29 is 19.4 Å². The highest BCUT2D eigenvalue weighted by atomic mass is 16.7. The second-order valence-corrected chi connectivity index (χ2v) is 11.3. The van der Waals surface area contributed by atoms with Gasteiger partial charge in [-0.25, -0.2) is 4.79 Å². The molecule has 6 nitrogen and oxygen atoms in total. The van der Waals surface area contributed by atoms with Crippen molar-refractivity contribution in [2.45, 2.75) is 81.9 Å². The van der Waals surface area contributed by atoms with E-state index in [0.717, 1.165) is 58.0 Å². The SMILES string of the molecule is CC(C)(C(=O)NC1C2CC3CC1CC(OC(=O)O)(C3)C2)N1CCC(c2ccccc2)CC1. The number of hydrogen-bond donors (Lipinski definition) is 2. The molecule has 32 heavy (non-hydrogen) atoms. The van der Waals surface area contributed by atoms with Crippen LogP contribution in [0.3, 0.4) is 0 Å². The maximum atomic E-state index is 13.5. The molecule has 4 saturated carbocycles. The number of rotatable bonds is 5. The molecule has 1 aliphatic heterocycles. The van der Waals surface area contributed by atoms with Crippen molar-refractivity contribution >= 4 is 12.1 Å². The Bertz CT molecular complexity index is 846. The molecule has 1 saturated heterocycles. The predicted molar refractivity (Wildman–Crippen MR) is 121 cm³/mol. The zero-order valence-electron chi connectivity index (χ0n) is 19.3. The lowest BCUT2D eigenvalue weighted by molar-refractivity contribution is -0.157. The van der Waals surface area contributed by atoms with E-state index in [2.05, 4.69) is 54.4 Å². The van der Waals surface area contributed by atoms with Crippen LogP contribution < -0.4 is 5.32 Å². The number of carbonyl (C=O) groups is 2. The highest BCUT2D eigenvalue weighted by Crippen LogP contribution is 2.57. The van der Waals surface area contributed by atoms with Crippen LogP contribution in [0.25, 0.3) is 0 Å². The first-order valence-corrected chi connectivity index (χ1v) is 12.3. The van der Waals surface area contributed by atoms with Crippen LogP contribution in [0.4, 0.5) is 4.79 Å². The van der Waals surface area contributed by atoms with E-state index >= 15 is 0 Å². The Morgan fingerprint density at radius 1 is 1.06 bits per heavy atom. The number of amides is 1. The van der Waals surface area contributed by atoms with Crippen LogP contribution in [0.15, 0.2) is 30.3 Å². The van der Waals surface area contributed by atoms with E-state index in [-0.39, 0.29) is 11.9 Å². The first-order chi connectivity index (χ1) is 15.3. The van der Waals surface area contributed by atoms with Crippen molar-refractivity contribution in [3.8, 4) is 0 Å². The molecular weight excluding hydrogens is 404 g/mol. The van der Waals surface area contributed by atoms with Crippen molar-refractivity contribution in [2.24, 2.45) is 17.8 Å². The normalized spacial score (nSPS) is 34.9. The number of nitrogens with one attached hydrogen (secondary N) is 1. The van der Waals surface area contributed by atoms with E-state index in [9.17, 15) is 14.7 Å². The Hall–Kier alpha value is -2.08. The summed E-state index contributed by atoms with van der Waals surface area (Å²) in [5.74, 6) is 1.86. The zero-order chi connectivity index (χ0) is 22.5.